The Hall–Kier alpha value is -2.11. The third kappa shape index (κ3) is 3.73. The van der Waals surface area contributed by atoms with Crippen LogP contribution in [0.15, 0.2) is 18.2 Å². The van der Waals surface area contributed by atoms with E-state index in [1.54, 1.807) is 6.92 Å². The molecule has 0 atom stereocenters. The molecule has 0 radical (unpaired) electrons. The summed E-state index contributed by atoms with van der Waals surface area (Å²) in [6.45, 7) is 2.20. The van der Waals surface area contributed by atoms with Gasteiger partial charge in [-0.05, 0) is 19.1 Å². The average Bonchev–Trinajstić information content (AvgIpc) is 2.31. The molecule has 18 heavy (non-hydrogen) atoms. The van der Waals surface area contributed by atoms with Crippen molar-refractivity contribution in [3.63, 3.8) is 0 Å². The number of benzene rings is 1. The van der Waals surface area contributed by atoms with Crippen LogP contribution in [0.3, 0.4) is 0 Å². The normalized spacial score (nSPS) is 9.89. The van der Waals surface area contributed by atoms with Gasteiger partial charge < -0.3 is 15.2 Å². The smallest absolute Gasteiger partial charge is 0.339 e. The Morgan fingerprint density at radius 2 is 2.17 bits per heavy atom. The molecule has 1 amide bonds. The fourth-order valence-corrected chi connectivity index (χ4v) is 1.36. The molecule has 2 N–H and O–H groups in total. The first kappa shape index (κ1) is 14.0. The Kier molecular flexibility index (Phi) is 5.10. The third-order valence-corrected chi connectivity index (χ3v) is 2.15. The first-order valence-electron chi connectivity index (χ1n) is 5.47. The van der Waals surface area contributed by atoms with Gasteiger partial charge in [0.15, 0.2) is 11.6 Å². The topological polar surface area (TPSA) is 75.6 Å². The molecular weight excluding hydrogens is 241 g/mol. The largest absolute Gasteiger partial charge is 0.489 e. The fourth-order valence-electron chi connectivity index (χ4n) is 1.36. The van der Waals surface area contributed by atoms with Gasteiger partial charge >= 0.3 is 5.97 Å². The Labute approximate surface area is 104 Å². The van der Waals surface area contributed by atoms with Crippen molar-refractivity contribution >= 4 is 11.9 Å². The summed E-state index contributed by atoms with van der Waals surface area (Å²) in [6, 6.07) is 3.64. The van der Waals surface area contributed by atoms with Gasteiger partial charge in [0.2, 0.25) is 5.91 Å². The van der Waals surface area contributed by atoms with Crippen molar-refractivity contribution in [1.82, 2.24) is 5.32 Å². The molecule has 5 nitrogen and oxygen atoms in total. The van der Waals surface area contributed by atoms with E-state index in [0.29, 0.717) is 6.54 Å². The number of aromatic carboxylic acids is 1. The number of carboxylic acids is 1. The second-order valence-corrected chi connectivity index (χ2v) is 3.47. The maximum absolute atomic E-state index is 13.4. The number of hydrogen-bond donors (Lipinski definition) is 2. The number of halogens is 1. The molecule has 1 rings (SSSR count). The summed E-state index contributed by atoms with van der Waals surface area (Å²) >= 11 is 0. The van der Waals surface area contributed by atoms with E-state index in [-0.39, 0.29) is 30.2 Å². The first-order chi connectivity index (χ1) is 8.56. The van der Waals surface area contributed by atoms with Gasteiger partial charge in [-0.25, -0.2) is 9.18 Å². The number of amides is 1. The highest BCUT2D eigenvalue weighted by atomic mass is 19.1. The second-order valence-electron chi connectivity index (χ2n) is 3.47. The summed E-state index contributed by atoms with van der Waals surface area (Å²) in [5, 5.41) is 11.4. The summed E-state index contributed by atoms with van der Waals surface area (Å²) < 4.78 is 18.4. The molecule has 0 unspecified atom stereocenters. The molecule has 0 bridgehead atoms. The summed E-state index contributed by atoms with van der Waals surface area (Å²) in [5.41, 5.74) is -0.258. The van der Waals surface area contributed by atoms with Gasteiger partial charge in [-0.1, -0.05) is 6.07 Å². The number of nitrogens with one attached hydrogen (secondary N) is 1. The molecule has 98 valence electrons. The SMILES string of the molecule is CCNC(=O)CCOc1c(F)cccc1C(=O)O. The van der Waals surface area contributed by atoms with Crippen molar-refractivity contribution in [3.8, 4) is 5.75 Å². The molecule has 0 heterocycles. The Bertz CT molecular complexity index is 448. The number of ether oxygens (including phenoxy) is 1. The molecule has 6 heteroatoms. The van der Waals surface area contributed by atoms with Crippen LogP contribution < -0.4 is 10.1 Å². The number of carboxylic acid groups (broad SMARTS) is 1. The number of carbonyl (C=O) groups excluding carboxylic acids is 1. The van der Waals surface area contributed by atoms with Gasteiger partial charge in [0.1, 0.15) is 5.56 Å². The van der Waals surface area contributed by atoms with Gasteiger partial charge in [0, 0.05) is 6.54 Å². The number of carbonyl (C=O) groups is 2. The zero-order valence-corrected chi connectivity index (χ0v) is 9.90. The van der Waals surface area contributed by atoms with Crippen LogP contribution >= 0.6 is 0 Å². The van der Waals surface area contributed by atoms with Crippen LogP contribution in [0.4, 0.5) is 4.39 Å². The molecule has 0 spiro atoms. The molecule has 1 aromatic rings. The predicted molar refractivity (Wildman–Crippen MR) is 62.2 cm³/mol. The minimum absolute atomic E-state index is 0.0429. The van der Waals surface area contributed by atoms with Gasteiger partial charge in [-0.15, -0.1) is 0 Å². The Morgan fingerprint density at radius 1 is 1.44 bits per heavy atom. The molecule has 0 saturated heterocycles. The van der Waals surface area contributed by atoms with Crippen LogP contribution in [0.2, 0.25) is 0 Å². The van der Waals surface area contributed by atoms with E-state index in [0.717, 1.165) is 6.07 Å². The summed E-state index contributed by atoms with van der Waals surface area (Å²) in [7, 11) is 0. The van der Waals surface area contributed by atoms with Crippen molar-refractivity contribution in [3.05, 3.63) is 29.6 Å². The van der Waals surface area contributed by atoms with E-state index < -0.39 is 11.8 Å². The Balaban J connectivity index is 2.67. The lowest BCUT2D eigenvalue weighted by molar-refractivity contribution is -0.121. The van der Waals surface area contributed by atoms with E-state index >= 15 is 0 Å². The molecule has 0 aliphatic heterocycles. The summed E-state index contributed by atoms with van der Waals surface area (Å²) in [6.07, 6.45) is 0.0429. The molecule has 0 fully saturated rings. The monoisotopic (exact) mass is 255 g/mol. The number of para-hydroxylation sites is 1. The molecular formula is C12H14FNO4. The lowest BCUT2D eigenvalue weighted by Gasteiger charge is -2.09. The lowest BCUT2D eigenvalue weighted by atomic mass is 10.2. The van der Waals surface area contributed by atoms with Crippen molar-refractivity contribution < 1.29 is 23.8 Å². The highest BCUT2D eigenvalue weighted by Crippen LogP contribution is 2.22. The zero-order valence-electron chi connectivity index (χ0n) is 9.90. The third-order valence-electron chi connectivity index (χ3n) is 2.15. The second kappa shape index (κ2) is 6.58. The summed E-state index contributed by atoms with van der Waals surface area (Å²) in [4.78, 5) is 22.0. The van der Waals surface area contributed by atoms with Crippen LogP contribution in [0.5, 0.6) is 5.75 Å². The van der Waals surface area contributed by atoms with E-state index in [4.69, 9.17) is 9.84 Å². The van der Waals surface area contributed by atoms with Crippen LogP contribution in [-0.4, -0.2) is 30.1 Å². The highest BCUT2D eigenvalue weighted by Gasteiger charge is 2.15. The first-order valence-corrected chi connectivity index (χ1v) is 5.47. The lowest BCUT2D eigenvalue weighted by Crippen LogP contribution is -2.24. The number of hydrogen-bond acceptors (Lipinski definition) is 3. The molecule has 0 aliphatic rings. The van der Waals surface area contributed by atoms with E-state index in [1.165, 1.54) is 12.1 Å². The van der Waals surface area contributed by atoms with Crippen LogP contribution in [0.25, 0.3) is 0 Å². The van der Waals surface area contributed by atoms with E-state index in [2.05, 4.69) is 5.32 Å². The van der Waals surface area contributed by atoms with E-state index in [9.17, 15) is 14.0 Å². The van der Waals surface area contributed by atoms with Crippen molar-refractivity contribution in [2.45, 2.75) is 13.3 Å². The zero-order chi connectivity index (χ0) is 13.5. The summed E-state index contributed by atoms with van der Waals surface area (Å²) in [5.74, 6) is -2.60. The minimum atomic E-state index is -1.28. The maximum Gasteiger partial charge on any atom is 0.339 e. The van der Waals surface area contributed by atoms with Crippen LogP contribution in [0.1, 0.15) is 23.7 Å². The minimum Gasteiger partial charge on any atom is -0.489 e. The van der Waals surface area contributed by atoms with Gasteiger partial charge in [0.25, 0.3) is 0 Å². The van der Waals surface area contributed by atoms with Gasteiger partial charge in [-0.2, -0.15) is 0 Å². The van der Waals surface area contributed by atoms with Gasteiger partial charge in [-0.3, -0.25) is 4.79 Å². The van der Waals surface area contributed by atoms with Crippen LogP contribution in [0, 0.1) is 5.82 Å². The molecule has 1 aromatic carbocycles. The molecule has 0 aliphatic carbocycles. The highest BCUT2D eigenvalue weighted by molar-refractivity contribution is 5.90. The maximum atomic E-state index is 13.4. The fraction of sp³-hybridized carbons (Fsp3) is 0.333. The molecule has 0 saturated carbocycles. The predicted octanol–water partition coefficient (Wildman–Crippen LogP) is 1.43. The van der Waals surface area contributed by atoms with E-state index in [1.807, 2.05) is 0 Å². The van der Waals surface area contributed by atoms with Crippen molar-refractivity contribution in [1.29, 1.82) is 0 Å². The Morgan fingerprint density at radius 3 is 2.78 bits per heavy atom. The van der Waals surface area contributed by atoms with Gasteiger partial charge in [0.05, 0.1) is 13.0 Å². The molecule has 0 aromatic heterocycles. The van der Waals surface area contributed by atoms with Crippen molar-refractivity contribution in [2.24, 2.45) is 0 Å². The average molecular weight is 255 g/mol. The standard InChI is InChI=1S/C12H14FNO4/c1-2-14-10(15)6-7-18-11-8(12(16)17)4-3-5-9(11)13/h3-5H,2,6-7H2,1H3,(H,14,15)(H,16,17). The number of rotatable bonds is 6. The quantitative estimate of drug-likeness (QED) is 0.806. The van der Waals surface area contributed by atoms with Crippen molar-refractivity contribution in [2.75, 3.05) is 13.2 Å². The van der Waals surface area contributed by atoms with Crippen LogP contribution in [-0.2, 0) is 4.79 Å².